The molecule has 0 unspecified atom stereocenters. The molecular formula is C21H19FN2O3. The van der Waals surface area contributed by atoms with Crippen LogP contribution in [0.1, 0.15) is 5.56 Å². The summed E-state index contributed by atoms with van der Waals surface area (Å²) in [5.41, 5.74) is 1.39. The van der Waals surface area contributed by atoms with Gasteiger partial charge in [-0.25, -0.2) is 4.39 Å². The maximum Gasteiger partial charge on any atom is 0.258 e. The quantitative estimate of drug-likeness (QED) is 0.729. The normalized spacial score (nSPS) is 13.8. The number of pyridine rings is 1. The zero-order chi connectivity index (χ0) is 18.6. The van der Waals surface area contributed by atoms with Crippen molar-refractivity contribution in [3.8, 4) is 17.2 Å². The van der Waals surface area contributed by atoms with E-state index in [9.17, 15) is 9.18 Å². The second-order valence-electron chi connectivity index (χ2n) is 6.38. The molecule has 27 heavy (non-hydrogen) atoms. The molecule has 0 radical (unpaired) electrons. The number of ether oxygens (including phenoxy) is 2. The fourth-order valence-electron chi connectivity index (χ4n) is 2.73. The van der Waals surface area contributed by atoms with Gasteiger partial charge in [-0.3, -0.25) is 9.36 Å². The first-order valence-corrected chi connectivity index (χ1v) is 8.75. The lowest BCUT2D eigenvalue weighted by molar-refractivity contribution is 0.142. The van der Waals surface area contributed by atoms with Gasteiger partial charge < -0.3 is 14.8 Å². The molecule has 1 fully saturated rings. The average molecular weight is 366 g/mol. The Morgan fingerprint density at radius 1 is 1.00 bits per heavy atom. The molecular weight excluding hydrogens is 347 g/mol. The van der Waals surface area contributed by atoms with Crippen molar-refractivity contribution in [2.75, 3.05) is 13.1 Å². The summed E-state index contributed by atoms with van der Waals surface area (Å²) in [5.74, 6) is 0.970. The van der Waals surface area contributed by atoms with Crippen LogP contribution in [0.2, 0.25) is 0 Å². The van der Waals surface area contributed by atoms with Gasteiger partial charge in [0.15, 0.2) is 0 Å². The lowest BCUT2D eigenvalue weighted by atomic mass is 10.2. The summed E-state index contributed by atoms with van der Waals surface area (Å²) in [6.07, 6.45) is 1.89. The van der Waals surface area contributed by atoms with E-state index in [0.29, 0.717) is 5.75 Å². The number of nitrogens with one attached hydrogen (secondary N) is 1. The zero-order valence-electron chi connectivity index (χ0n) is 14.6. The predicted molar refractivity (Wildman–Crippen MR) is 100 cm³/mol. The topological polar surface area (TPSA) is 52.5 Å². The molecule has 0 amide bonds. The van der Waals surface area contributed by atoms with Crippen LogP contribution in [0, 0.1) is 5.82 Å². The molecule has 3 aromatic rings. The molecule has 0 bridgehead atoms. The third-order valence-electron chi connectivity index (χ3n) is 4.37. The maximum absolute atomic E-state index is 12.9. The first-order valence-electron chi connectivity index (χ1n) is 8.75. The summed E-state index contributed by atoms with van der Waals surface area (Å²) in [4.78, 5) is 12.4. The Morgan fingerprint density at radius 2 is 1.74 bits per heavy atom. The van der Waals surface area contributed by atoms with E-state index in [1.165, 1.54) is 18.2 Å². The van der Waals surface area contributed by atoms with E-state index in [4.69, 9.17) is 9.47 Å². The van der Waals surface area contributed by atoms with Gasteiger partial charge in [0.05, 0.1) is 0 Å². The van der Waals surface area contributed by atoms with Gasteiger partial charge in [-0.2, -0.15) is 0 Å². The molecule has 138 valence electrons. The molecule has 5 nitrogen and oxygen atoms in total. The van der Waals surface area contributed by atoms with Crippen molar-refractivity contribution in [2.24, 2.45) is 0 Å². The number of hydrogen-bond acceptors (Lipinski definition) is 4. The molecule has 1 N–H and O–H groups in total. The molecule has 2 aromatic carbocycles. The van der Waals surface area contributed by atoms with Crippen LogP contribution >= 0.6 is 0 Å². The van der Waals surface area contributed by atoms with Gasteiger partial charge in [-0.05, 0) is 48.0 Å². The number of aromatic nitrogens is 1. The summed E-state index contributed by atoms with van der Waals surface area (Å²) in [6, 6.07) is 16.7. The minimum Gasteiger partial charge on any atom is -0.489 e. The summed E-state index contributed by atoms with van der Waals surface area (Å²) in [7, 11) is 0. The highest BCUT2D eigenvalue weighted by Gasteiger charge is 2.18. The van der Waals surface area contributed by atoms with Crippen molar-refractivity contribution in [3.63, 3.8) is 0 Å². The molecule has 2 heterocycles. The Balaban J connectivity index is 1.43. The molecule has 1 aliphatic heterocycles. The molecule has 0 saturated carbocycles. The highest BCUT2D eigenvalue weighted by Crippen LogP contribution is 2.18. The lowest BCUT2D eigenvalue weighted by Gasteiger charge is -2.27. The van der Waals surface area contributed by atoms with Gasteiger partial charge in [0, 0.05) is 31.0 Å². The lowest BCUT2D eigenvalue weighted by Crippen LogP contribution is -2.50. The van der Waals surface area contributed by atoms with E-state index >= 15 is 0 Å². The number of benzene rings is 2. The van der Waals surface area contributed by atoms with Gasteiger partial charge in [-0.15, -0.1) is 0 Å². The Kier molecular flexibility index (Phi) is 4.89. The second kappa shape index (κ2) is 7.63. The van der Waals surface area contributed by atoms with E-state index in [0.717, 1.165) is 30.1 Å². The Morgan fingerprint density at radius 3 is 2.37 bits per heavy atom. The zero-order valence-corrected chi connectivity index (χ0v) is 14.6. The Hall–Kier alpha value is -3.12. The number of rotatable bonds is 6. The average Bonchev–Trinajstić information content (AvgIpc) is 2.65. The maximum atomic E-state index is 12.9. The van der Waals surface area contributed by atoms with Crippen molar-refractivity contribution in [3.05, 3.63) is 88.6 Å². The molecule has 0 atom stereocenters. The van der Waals surface area contributed by atoms with E-state index in [-0.39, 0.29) is 24.1 Å². The molecule has 0 aliphatic carbocycles. The summed E-state index contributed by atoms with van der Waals surface area (Å²) >= 11 is 0. The minimum absolute atomic E-state index is 0.191. The van der Waals surface area contributed by atoms with Crippen LogP contribution in [0.25, 0.3) is 5.69 Å². The van der Waals surface area contributed by atoms with E-state index in [2.05, 4.69) is 5.32 Å². The summed E-state index contributed by atoms with van der Waals surface area (Å²) in [6.45, 7) is 1.99. The molecule has 0 spiro atoms. The van der Waals surface area contributed by atoms with Gasteiger partial charge in [0.1, 0.15) is 30.0 Å². The van der Waals surface area contributed by atoms with Gasteiger partial charge in [0.25, 0.3) is 5.56 Å². The van der Waals surface area contributed by atoms with E-state index in [1.807, 2.05) is 24.3 Å². The van der Waals surface area contributed by atoms with Crippen LogP contribution in [-0.2, 0) is 6.61 Å². The van der Waals surface area contributed by atoms with Crippen molar-refractivity contribution in [1.82, 2.24) is 9.88 Å². The minimum atomic E-state index is -0.290. The summed E-state index contributed by atoms with van der Waals surface area (Å²) in [5, 5.41) is 3.16. The van der Waals surface area contributed by atoms with Crippen molar-refractivity contribution in [2.45, 2.75) is 12.7 Å². The molecule has 6 heteroatoms. The Bertz CT molecular complexity index is 964. The standard InChI is InChI=1S/C21H19FN2O3/c22-16-3-1-15(2-4-16)14-26-19-9-10-24(21(25)11-19)17-5-7-18(8-6-17)27-20-12-23-13-20/h1-11,20,23H,12-14H2. The van der Waals surface area contributed by atoms with E-state index < -0.39 is 0 Å². The smallest absolute Gasteiger partial charge is 0.258 e. The van der Waals surface area contributed by atoms with Crippen LogP contribution in [0.3, 0.4) is 0 Å². The van der Waals surface area contributed by atoms with Gasteiger partial charge in [0.2, 0.25) is 0 Å². The van der Waals surface area contributed by atoms with Crippen LogP contribution in [0.4, 0.5) is 4.39 Å². The van der Waals surface area contributed by atoms with Crippen LogP contribution < -0.4 is 20.3 Å². The first-order chi connectivity index (χ1) is 13.2. The number of hydrogen-bond donors (Lipinski definition) is 1. The largest absolute Gasteiger partial charge is 0.489 e. The monoisotopic (exact) mass is 366 g/mol. The van der Waals surface area contributed by atoms with Gasteiger partial charge in [-0.1, -0.05) is 12.1 Å². The van der Waals surface area contributed by atoms with Crippen LogP contribution in [0.15, 0.2) is 71.7 Å². The SMILES string of the molecule is O=c1cc(OCc2ccc(F)cc2)ccn1-c1ccc(OC2CNC2)cc1. The van der Waals surface area contributed by atoms with Crippen LogP contribution in [0.5, 0.6) is 11.5 Å². The molecule has 1 saturated heterocycles. The summed E-state index contributed by atoms with van der Waals surface area (Å²) < 4.78 is 25.9. The highest BCUT2D eigenvalue weighted by atomic mass is 19.1. The van der Waals surface area contributed by atoms with Crippen molar-refractivity contribution in [1.29, 1.82) is 0 Å². The Labute approximate surface area is 156 Å². The number of nitrogens with zero attached hydrogens (tertiary/aromatic N) is 1. The van der Waals surface area contributed by atoms with Crippen molar-refractivity contribution < 1.29 is 13.9 Å². The fraction of sp³-hybridized carbons (Fsp3) is 0.190. The third kappa shape index (κ3) is 4.17. The second-order valence-corrected chi connectivity index (χ2v) is 6.38. The van der Waals surface area contributed by atoms with Gasteiger partial charge >= 0.3 is 0 Å². The number of halogens is 1. The van der Waals surface area contributed by atoms with E-state index in [1.54, 1.807) is 29.0 Å². The van der Waals surface area contributed by atoms with Crippen molar-refractivity contribution >= 4 is 0 Å². The molecule has 4 rings (SSSR count). The van der Waals surface area contributed by atoms with Crippen LogP contribution in [-0.4, -0.2) is 23.8 Å². The fourth-order valence-corrected chi connectivity index (χ4v) is 2.73. The predicted octanol–water partition coefficient (Wildman–Crippen LogP) is 2.91. The molecule has 1 aromatic heterocycles. The third-order valence-corrected chi connectivity index (χ3v) is 4.37. The highest BCUT2D eigenvalue weighted by molar-refractivity contribution is 5.38. The molecule has 1 aliphatic rings. The first kappa shape index (κ1) is 17.3.